The van der Waals surface area contributed by atoms with E-state index in [-0.39, 0.29) is 17.2 Å². The van der Waals surface area contributed by atoms with Crippen molar-refractivity contribution in [2.75, 3.05) is 17.3 Å². The molecule has 1 spiro atoms. The molecule has 3 aliphatic heterocycles. The van der Waals surface area contributed by atoms with Crippen LogP contribution in [0.2, 0.25) is 0 Å². The van der Waals surface area contributed by atoms with Gasteiger partial charge in [0.05, 0.1) is 30.2 Å². The maximum Gasteiger partial charge on any atom is 0.339 e. The number of ether oxygens (including phenoxy) is 1. The molecule has 0 aliphatic carbocycles. The fourth-order valence-corrected chi connectivity index (χ4v) is 5.11. The van der Waals surface area contributed by atoms with E-state index in [0.29, 0.717) is 11.3 Å². The van der Waals surface area contributed by atoms with Crippen LogP contribution in [0.4, 0.5) is 11.4 Å². The van der Waals surface area contributed by atoms with E-state index in [2.05, 4.69) is 10.6 Å². The Labute approximate surface area is 172 Å². The van der Waals surface area contributed by atoms with Crippen LogP contribution in [0.15, 0.2) is 48.5 Å². The molecule has 3 amide bonds. The molecule has 152 valence electrons. The third kappa shape index (κ3) is 2.14. The zero-order valence-electron chi connectivity index (χ0n) is 16.3. The van der Waals surface area contributed by atoms with Crippen LogP contribution in [-0.4, -0.2) is 36.8 Å². The summed E-state index contributed by atoms with van der Waals surface area (Å²) in [6.07, 6.45) is 0. The Bertz CT molecular complexity index is 1130. The number of imide groups is 1. The van der Waals surface area contributed by atoms with Gasteiger partial charge in [-0.2, -0.15) is 0 Å². The van der Waals surface area contributed by atoms with Crippen LogP contribution >= 0.6 is 0 Å². The maximum atomic E-state index is 13.7. The van der Waals surface area contributed by atoms with Crippen LogP contribution in [0.3, 0.4) is 0 Å². The number of nitrogens with one attached hydrogen (secondary N) is 2. The largest absolute Gasteiger partial charge is 0.465 e. The van der Waals surface area contributed by atoms with E-state index in [9.17, 15) is 19.2 Å². The number of benzene rings is 2. The molecule has 0 unspecified atom stereocenters. The Morgan fingerprint density at radius 3 is 2.50 bits per heavy atom. The van der Waals surface area contributed by atoms with Gasteiger partial charge in [-0.05, 0) is 25.1 Å². The monoisotopic (exact) mass is 405 g/mol. The molecule has 5 rings (SSSR count). The molecule has 3 aliphatic rings. The summed E-state index contributed by atoms with van der Waals surface area (Å²) in [5, 5.41) is 6.08. The Kier molecular flexibility index (Phi) is 3.85. The second-order valence-corrected chi connectivity index (χ2v) is 7.76. The molecule has 3 heterocycles. The van der Waals surface area contributed by atoms with Gasteiger partial charge in [0, 0.05) is 17.3 Å². The predicted octanol–water partition coefficient (Wildman–Crippen LogP) is 1.42. The third-order valence-corrected chi connectivity index (χ3v) is 6.32. The highest BCUT2D eigenvalue weighted by molar-refractivity contribution is 6.27. The van der Waals surface area contributed by atoms with Crippen molar-refractivity contribution in [3.63, 3.8) is 0 Å². The molecule has 2 aromatic carbocycles. The SMILES string of the molecule is COC(=O)c1ccccc1N1C(=O)[C@@H]2[C@@H](C)N[C@@]3(C(=O)Nc4ccccc43)[C@H]2C1=O. The Morgan fingerprint density at radius 1 is 1.03 bits per heavy atom. The number of rotatable bonds is 2. The molecule has 2 aromatic rings. The van der Waals surface area contributed by atoms with Gasteiger partial charge >= 0.3 is 5.97 Å². The molecular formula is C22H19N3O5. The Balaban J connectivity index is 1.66. The average molecular weight is 405 g/mol. The average Bonchev–Trinajstić information content (AvgIpc) is 3.31. The highest BCUT2D eigenvalue weighted by Crippen LogP contribution is 2.53. The number of esters is 1. The van der Waals surface area contributed by atoms with Crippen LogP contribution in [-0.2, 0) is 24.7 Å². The molecule has 8 heteroatoms. The minimum absolute atomic E-state index is 0.118. The number of nitrogens with zero attached hydrogens (tertiary/aromatic N) is 1. The number of hydrogen-bond donors (Lipinski definition) is 2. The summed E-state index contributed by atoms with van der Waals surface area (Å²) in [6, 6.07) is 13.1. The van der Waals surface area contributed by atoms with Crippen LogP contribution in [0.1, 0.15) is 22.8 Å². The number of carbonyl (C=O) groups excluding carboxylic acids is 4. The van der Waals surface area contributed by atoms with Gasteiger partial charge in [-0.25, -0.2) is 9.69 Å². The zero-order chi connectivity index (χ0) is 21.2. The van der Waals surface area contributed by atoms with Gasteiger partial charge in [-0.15, -0.1) is 0 Å². The van der Waals surface area contributed by atoms with E-state index in [1.54, 1.807) is 43.3 Å². The fraction of sp³-hybridized carbons (Fsp3) is 0.273. The normalized spacial score (nSPS) is 29.2. The molecule has 2 fully saturated rings. The van der Waals surface area contributed by atoms with Crippen LogP contribution < -0.4 is 15.5 Å². The van der Waals surface area contributed by atoms with Gasteiger partial charge in [0.1, 0.15) is 5.54 Å². The predicted molar refractivity (Wildman–Crippen MR) is 107 cm³/mol. The molecule has 0 aromatic heterocycles. The van der Waals surface area contributed by atoms with Gasteiger partial charge < -0.3 is 10.1 Å². The molecule has 8 nitrogen and oxygen atoms in total. The van der Waals surface area contributed by atoms with Crippen molar-refractivity contribution in [3.8, 4) is 0 Å². The van der Waals surface area contributed by atoms with E-state index in [4.69, 9.17) is 4.74 Å². The molecule has 4 atom stereocenters. The number of para-hydroxylation sites is 2. The van der Waals surface area contributed by atoms with Gasteiger partial charge in [0.2, 0.25) is 17.7 Å². The first-order chi connectivity index (χ1) is 14.4. The van der Waals surface area contributed by atoms with E-state index < -0.39 is 41.2 Å². The minimum Gasteiger partial charge on any atom is -0.465 e. The van der Waals surface area contributed by atoms with Gasteiger partial charge in [-0.1, -0.05) is 30.3 Å². The van der Waals surface area contributed by atoms with Crippen molar-refractivity contribution in [3.05, 3.63) is 59.7 Å². The lowest BCUT2D eigenvalue weighted by molar-refractivity contribution is -0.130. The van der Waals surface area contributed by atoms with Gasteiger partial charge in [0.15, 0.2) is 0 Å². The van der Waals surface area contributed by atoms with E-state index >= 15 is 0 Å². The second-order valence-electron chi connectivity index (χ2n) is 7.76. The highest BCUT2D eigenvalue weighted by Gasteiger charge is 2.70. The summed E-state index contributed by atoms with van der Waals surface area (Å²) < 4.78 is 4.81. The number of carbonyl (C=O) groups is 4. The summed E-state index contributed by atoms with van der Waals surface area (Å²) in [5.74, 6) is -3.60. The molecule has 0 saturated carbocycles. The van der Waals surface area contributed by atoms with E-state index in [0.717, 1.165) is 4.90 Å². The van der Waals surface area contributed by atoms with E-state index in [1.165, 1.54) is 19.2 Å². The first kappa shape index (κ1) is 18.5. The lowest BCUT2D eigenvalue weighted by atomic mass is 9.76. The molecule has 0 bridgehead atoms. The van der Waals surface area contributed by atoms with Crippen LogP contribution in [0.25, 0.3) is 0 Å². The fourth-order valence-electron chi connectivity index (χ4n) is 5.11. The summed E-state index contributed by atoms with van der Waals surface area (Å²) >= 11 is 0. The quantitative estimate of drug-likeness (QED) is 0.578. The lowest BCUT2D eigenvalue weighted by Gasteiger charge is -2.29. The summed E-state index contributed by atoms with van der Waals surface area (Å²) in [6.45, 7) is 1.79. The number of anilines is 2. The smallest absolute Gasteiger partial charge is 0.339 e. The third-order valence-electron chi connectivity index (χ3n) is 6.32. The first-order valence-electron chi connectivity index (χ1n) is 9.65. The highest BCUT2D eigenvalue weighted by atomic mass is 16.5. The van der Waals surface area contributed by atoms with Gasteiger partial charge in [0.25, 0.3) is 0 Å². The van der Waals surface area contributed by atoms with Crippen molar-refractivity contribution < 1.29 is 23.9 Å². The second kappa shape index (κ2) is 6.24. The lowest BCUT2D eigenvalue weighted by Crippen LogP contribution is -2.53. The summed E-state index contributed by atoms with van der Waals surface area (Å²) in [5.41, 5.74) is 0.230. The van der Waals surface area contributed by atoms with Crippen molar-refractivity contribution in [1.82, 2.24) is 5.32 Å². The number of methoxy groups -OCH3 is 1. The minimum atomic E-state index is -1.33. The van der Waals surface area contributed by atoms with Gasteiger partial charge in [-0.3, -0.25) is 19.7 Å². The maximum absolute atomic E-state index is 13.7. The molecule has 0 radical (unpaired) electrons. The van der Waals surface area contributed by atoms with Crippen LogP contribution in [0, 0.1) is 11.8 Å². The van der Waals surface area contributed by atoms with Crippen molar-refractivity contribution >= 4 is 35.1 Å². The first-order valence-corrected chi connectivity index (χ1v) is 9.65. The summed E-state index contributed by atoms with van der Waals surface area (Å²) in [7, 11) is 1.24. The summed E-state index contributed by atoms with van der Waals surface area (Å²) in [4.78, 5) is 53.5. The molecule has 2 N–H and O–H groups in total. The van der Waals surface area contributed by atoms with Crippen molar-refractivity contribution in [2.45, 2.75) is 18.5 Å². The number of hydrogen-bond acceptors (Lipinski definition) is 6. The standard InChI is InChI=1S/C22H19N3O5/c1-11-16-17(22(24-11)13-8-4-5-9-14(13)23-21(22)29)19(27)25(18(16)26)15-10-6-3-7-12(15)20(28)30-2/h3-11,16-17,24H,1-2H3,(H,23,29)/t11-,16-,17-,22-/m1/s1. The Hall–Kier alpha value is -3.52. The molecule has 2 saturated heterocycles. The van der Waals surface area contributed by atoms with Crippen molar-refractivity contribution in [2.24, 2.45) is 11.8 Å². The van der Waals surface area contributed by atoms with E-state index in [1.807, 2.05) is 0 Å². The van der Waals surface area contributed by atoms with Crippen molar-refractivity contribution in [1.29, 1.82) is 0 Å². The number of amides is 3. The zero-order valence-corrected chi connectivity index (χ0v) is 16.3. The number of fused-ring (bicyclic) bond motifs is 4. The van der Waals surface area contributed by atoms with Crippen LogP contribution in [0.5, 0.6) is 0 Å². The Morgan fingerprint density at radius 2 is 1.73 bits per heavy atom. The molecule has 30 heavy (non-hydrogen) atoms. The topological polar surface area (TPSA) is 105 Å². The molecular weight excluding hydrogens is 386 g/mol.